The van der Waals surface area contributed by atoms with Gasteiger partial charge >= 0.3 is 0 Å². The first-order chi connectivity index (χ1) is 8.66. The highest BCUT2D eigenvalue weighted by molar-refractivity contribution is 5.23. The first-order valence-electron chi connectivity index (χ1n) is 7.17. The van der Waals surface area contributed by atoms with Gasteiger partial charge in [0.05, 0.1) is 6.10 Å². The molecule has 18 heavy (non-hydrogen) atoms. The molecule has 1 aromatic carbocycles. The third-order valence-electron chi connectivity index (χ3n) is 4.02. The molecular weight excluding hydrogens is 222 g/mol. The Bertz CT molecular complexity index is 360. The van der Waals surface area contributed by atoms with Crippen molar-refractivity contribution in [2.24, 2.45) is 0 Å². The molecule has 1 fully saturated rings. The van der Waals surface area contributed by atoms with E-state index in [0.29, 0.717) is 6.04 Å². The van der Waals surface area contributed by atoms with Gasteiger partial charge < -0.3 is 10.4 Å². The van der Waals surface area contributed by atoms with Gasteiger partial charge in [0.25, 0.3) is 0 Å². The van der Waals surface area contributed by atoms with Crippen LogP contribution in [0, 0.1) is 6.92 Å². The first-order valence-corrected chi connectivity index (χ1v) is 7.17. The van der Waals surface area contributed by atoms with Crippen molar-refractivity contribution in [1.82, 2.24) is 5.32 Å². The molecule has 2 heteroatoms. The number of aliphatic hydroxyl groups is 1. The highest BCUT2D eigenvalue weighted by Crippen LogP contribution is 2.21. The second-order valence-corrected chi connectivity index (χ2v) is 5.61. The highest BCUT2D eigenvalue weighted by atomic mass is 16.3. The zero-order chi connectivity index (χ0) is 13.0. The van der Waals surface area contributed by atoms with Gasteiger partial charge in [-0.25, -0.2) is 0 Å². The van der Waals surface area contributed by atoms with Crippen molar-refractivity contribution in [3.8, 4) is 0 Å². The average Bonchev–Trinajstić information content (AvgIpc) is 2.56. The smallest absolute Gasteiger partial charge is 0.0693 e. The van der Waals surface area contributed by atoms with E-state index < -0.39 is 0 Å². The third kappa shape index (κ3) is 3.56. The zero-order valence-corrected chi connectivity index (χ0v) is 11.5. The second kappa shape index (κ2) is 6.35. The maximum atomic E-state index is 10.1. The van der Waals surface area contributed by atoms with Crippen molar-refractivity contribution in [3.05, 3.63) is 35.4 Å². The minimum Gasteiger partial charge on any atom is -0.392 e. The van der Waals surface area contributed by atoms with E-state index in [0.717, 1.165) is 19.3 Å². The summed E-state index contributed by atoms with van der Waals surface area (Å²) in [6.07, 6.45) is 5.51. The van der Waals surface area contributed by atoms with E-state index in [2.05, 4.69) is 43.4 Å². The van der Waals surface area contributed by atoms with Crippen LogP contribution in [0.25, 0.3) is 0 Å². The Kier molecular flexibility index (Phi) is 4.79. The molecule has 1 saturated carbocycles. The predicted octanol–water partition coefficient (Wildman–Crippen LogP) is 3.34. The molecule has 0 radical (unpaired) electrons. The summed E-state index contributed by atoms with van der Waals surface area (Å²) in [5.41, 5.74) is 2.59. The number of aliphatic hydroxyl groups excluding tert-OH is 1. The molecule has 2 nitrogen and oxygen atoms in total. The molecule has 2 rings (SSSR count). The molecule has 1 aliphatic carbocycles. The third-order valence-corrected chi connectivity index (χ3v) is 4.02. The van der Waals surface area contributed by atoms with Crippen LogP contribution in [0.4, 0.5) is 0 Å². The fraction of sp³-hybridized carbons (Fsp3) is 0.625. The molecule has 0 bridgehead atoms. The Hall–Kier alpha value is -0.860. The quantitative estimate of drug-likeness (QED) is 0.803. The van der Waals surface area contributed by atoms with Crippen LogP contribution in [0.3, 0.4) is 0 Å². The summed E-state index contributed by atoms with van der Waals surface area (Å²) in [7, 11) is 0. The number of hydrogen-bond acceptors (Lipinski definition) is 2. The Morgan fingerprint density at radius 1 is 1.11 bits per heavy atom. The van der Waals surface area contributed by atoms with Crippen LogP contribution in [-0.2, 0) is 0 Å². The van der Waals surface area contributed by atoms with Crippen molar-refractivity contribution in [2.45, 2.75) is 64.1 Å². The first kappa shape index (κ1) is 13.6. The fourth-order valence-electron chi connectivity index (χ4n) is 2.75. The summed E-state index contributed by atoms with van der Waals surface area (Å²) < 4.78 is 0. The van der Waals surface area contributed by atoms with Crippen molar-refractivity contribution in [2.75, 3.05) is 0 Å². The van der Waals surface area contributed by atoms with Gasteiger partial charge in [-0.05, 0) is 32.3 Å². The number of nitrogens with one attached hydrogen (secondary N) is 1. The van der Waals surface area contributed by atoms with Crippen LogP contribution in [-0.4, -0.2) is 17.3 Å². The standard InChI is InChI=1S/C16H25NO/c1-12-8-10-14(11-9-12)13(2)17-15-6-4-3-5-7-16(15)18/h8-11,13,15-18H,3-7H2,1-2H3/t13-,15?,16?/m1/s1. The maximum absolute atomic E-state index is 10.1. The second-order valence-electron chi connectivity index (χ2n) is 5.61. The van der Waals surface area contributed by atoms with Crippen LogP contribution in [0.5, 0.6) is 0 Å². The minimum atomic E-state index is -0.180. The van der Waals surface area contributed by atoms with E-state index in [1.54, 1.807) is 0 Å². The summed E-state index contributed by atoms with van der Waals surface area (Å²) >= 11 is 0. The molecule has 0 aromatic heterocycles. The molecule has 0 aliphatic heterocycles. The summed E-state index contributed by atoms with van der Waals surface area (Å²) in [6.45, 7) is 4.29. The van der Waals surface area contributed by atoms with E-state index in [9.17, 15) is 5.11 Å². The number of hydrogen-bond donors (Lipinski definition) is 2. The van der Waals surface area contributed by atoms with Gasteiger partial charge in [-0.3, -0.25) is 0 Å². The lowest BCUT2D eigenvalue weighted by Crippen LogP contribution is -2.40. The van der Waals surface area contributed by atoms with Crippen molar-refractivity contribution in [3.63, 3.8) is 0 Å². The SMILES string of the molecule is Cc1ccc([C@@H](C)NC2CCCCCC2O)cc1. The number of rotatable bonds is 3. The van der Waals surface area contributed by atoms with Crippen LogP contribution in [0.2, 0.25) is 0 Å². The Balaban J connectivity index is 1.97. The Labute approximate surface area is 110 Å². The molecule has 2 N–H and O–H groups in total. The van der Waals surface area contributed by atoms with Gasteiger partial charge in [0, 0.05) is 12.1 Å². The van der Waals surface area contributed by atoms with Crippen LogP contribution in [0.15, 0.2) is 24.3 Å². The molecule has 2 unspecified atom stereocenters. The van der Waals surface area contributed by atoms with Gasteiger partial charge in [-0.2, -0.15) is 0 Å². The van der Waals surface area contributed by atoms with E-state index in [1.807, 2.05) is 0 Å². The van der Waals surface area contributed by atoms with Gasteiger partial charge in [0.15, 0.2) is 0 Å². The monoisotopic (exact) mass is 247 g/mol. The maximum Gasteiger partial charge on any atom is 0.0693 e. The topological polar surface area (TPSA) is 32.3 Å². The molecule has 0 saturated heterocycles. The molecule has 100 valence electrons. The molecule has 3 atom stereocenters. The lowest BCUT2D eigenvalue weighted by Gasteiger charge is -2.26. The largest absolute Gasteiger partial charge is 0.392 e. The fourth-order valence-corrected chi connectivity index (χ4v) is 2.75. The van der Waals surface area contributed by atoms with Crippen LogP contribution >= 0.6 is 0 Å². The number of aryl methyl sites for hydroxylation is 1. The van der Waals surface area contributed by atoms with E-state index in [-0.39, 0.29) is 12.1 Å². The van der Waals surface area contributed by atoms with E-state index in [4.69, 9.17) is 0 Å². The summed E-state index contributed by atoms with van der Waals surface area (Å²) in [6, 6.07) is 9.22. The normalized spacial score (nSPS) is 26.6. The molecule has 1 aromatic rings. The summed E-state index contributed by atoms with van der Waals surface area (Å²) in [4.78, 5) is 0. The highest BCUT2D eigenvalue weighted by Gasteiger charge is 2.23. The summed E-state index contributed by atoms with van der Waals surface area (Å²) in [5, 5.41) is 13.7. The van der Waals surface area contributed by atoms with Crippen molar-refractivity contribution >= 4 is 0 Å². The van der Waals surface area contributed by atoms with Crippen LogP contribution < -0.4 is 5.32 Å². The van der Waals surface area contributed by atoms with Gasteiger partial charge in [0.2, 0.25) is 0 Å². The van der Waals surface area contributed by atoms with Crippen molar-refractivity contribution in [1.29, 1.82) is 0 Å². The van der Waals surface area contributed by atoms with E-state index in [1.165, 1.54) is 24.0 Å². The predicted molar refractivity (Wildman–Crippen MR) is 75.6 cm³/mol. The van der Waals surface area contributed by atoms with Crippen molar-refractivity contribution < 1.29 is 5.11 Å². The van der Waals surface area contributed by atoms with Crippen LogP contribution in [0.1, 0.15) is 56.2 Å². The zero-order valence-electron chi connectivity index (χ0n) is 11.5. The summed E-state index contributed by atoms with van der Waals surface area (Å²) in [5.74, 6) is 0. The Morgan fingerprint density at radius 2 is 1.78 bits per heavy atom. The Morgan fingerprint density at radius 3 is 2.50 bits per heavy atom. The molecular formula is C16H25NO. The molecule has 0 spiro atoms. The number of benzene rings is 1. The average molecular weight is 247 g/mol. The van der Waals surface area contributed by atoms with Gasteiger partial charge in [0.1, 0.15) is 0 Å². The lowest BCUT2D eigenvalue weighted by atomic mass is 10.0. The molecule has 0 heterocycles. The minimum absolute atomic E-state index is 0.180. The van der Waals surface area contributed by atoms with Gasteiger partial charge in [-0.1, -0.05) is 49.1 Å². The molecule has 0 amide bonds. The molecule has 1 aliphatic rings. The van der Waals surface area contributed by atoms with Gasteiger partial charge in [-0.15, -0.1) is 0 Å². The lowest BCUT2D eigenvalue weighted by molar-refractivity contribution is 0.115. The van der Waals surface area contributed by atoms with E-state index >= 15 is 0 Å².